The molecular formula is C56H108O6. The molecule has 1 atom stereocenters. The summed E-state index contributed by atoms with van der Waals surface area (Å²) in [5, 5.41) is 0. The highest BCUT2D eigenvalue weighted by Gasteiger charge is 2.19. The summed E-state index contributed by atoms with van der Waals surface area (Å²) in [5.41, 5.74) is 0. The van der Waals surface area contributed by atoms with Crippen molar-refractivity contribution in [3.05, 3.63) is 0 Å². The highest BCUT2D eigenvalue weighted by atomic mass is 16.6. The van der Waals surface area contributed by atoms with Gasteiger partial charge < -0.3 is 14.2 Å². The summed E-state index contributed by atoms with van der Waals surface area (Å²) in [7, 11) is 0. The van der Waals surface area contributed by atoms with E-state index < -0.39 is 6.10 Å². The topological polar surface area (TPSA) is 78.9 Å². The summed E-state index contributed by atoms with van der Waals surface area (Å²) >= 11 is 0. The Morgan fingerprint density at radius 3 is 0.790 bits per heavy atom. The van der Waals surface area contributed by atoms with Crippen molar-refractivity contribution in [2.75, 3.05) is 13.2 Å². The molecule has 0 radical (unpaired) electrons. The summed E-state index contributed by atoms with van der Waals surface area (Å²) < 4.78 is 16.8. The summed E-state index contributed by atoms with van der Waals surface area (Å²) in [5.74, 6) is 0.0133. The average molecular weight is 877 g/mol. The second-order valence-corrected chi connectivity index (χ2v) is 19.7. The lowest BCUT2D eigenvalue weighted by molar-refractivity contribution is -0.167. The van der Waals surface area contributed by atoms with E-state index in [2.05, 4.69) is 27.7 Å². The number of hydrogen-bond acceptors (Lipinski definition) is 6. The van der Waals surface area contributed by atoms with E-state index >= 15 is 0 Å². The fraction of sp³-hybridized carbons (Fsp3) is 0.946. The van der Waals surface area contributed by atoms with Gasteiger partial charge in [0.1, 0.15) is 13.2 Å². The van der Waals surface area contributed by atoms with Crippen LogP contribution in [-0.4, -0.2) is 37.2 Å². The first kappa shape index (κ1) is 60.4. The van der Waals surface area contributed by atoms with Crippen molar-refractivity contribution in [1.82, 2.24) is 0 Å². The van der Waals surface area contributed by atoms with E-state index in [4.69, 9.17) is 14.2 Å². The molecule has 62 heavy (non-hydrogen) atoms. The third-order valence-electron chi connectivity index (χ3n) is 12.8. The number of rotatable bonds is 51. The first-order valence-electron chi connectivity index (χ1n) is 27.9. The fourth-order valence-corrected chi connectivity index (χ4v) is 8.57. The molecular weight excluding hydrogens is 769 g/mol. The molecule has 0 aromatic carbocycles. The molecule has 0 saturated carbocycles. The van der Waals surface area contributed by atoms with Crippen LogP contribution in [0.15, 0.2) is 0 Å². The SMILES string of the molecule is CCCCCCCCCCCCCCCCCC(=O)O[C@H](COC(=O)CCCCCCCCCCCC)COC(=O)CCCCCCCCCCCCCCCCCCC(C)C. The Labute approximate surface area is 387 Å². The Morgan fingerprint density at radius 2 is 0.532 bits per heavy atom. The van der Waals surface area contributed by atoms with Gasteiger partial charge in [-0.1, -0.05) is 278 Å². The van der Waals surface area contributed by atoms with Gasteiger partial charge in [0.2, 0.25) is 0 Å². The zero-order chi connectivity index (χ0) is 45.2. The Balaban J connectivity index is 4.23. The van der Waals surface area contributed by atoms with Gasteiger partial charge in [0.05, 0.1) is 0 Å². The minimum atomic E-state index is -0.760. The first-order valence-corrected chi connectivity index (χ1v) is 27.9. The number of carbonyl (C=O) groups excluding carboxylic acids is 3. The van der Waals surface area contributed by atoms with Crippen molar-refractivity contribution in [3.8, 4) is 0 Å². The van der Waals surface area contributed by atoms with E-state index in [0.717, 1.165) is 63.7 Å². The van der Waals surface area contributed by atoms with Crippen molar-refractivity contribution in [2.24, 2.45) is 5.92 Å². The lowest BCUT2D eigenvalue weighted by Crippen LogP contribution is -2.30. The minimum absolute atomic E-state index is 0.0621. The maximum Gasteiger partial charge on any atom is 0.306 e. The minimum Gasteiger partial charge on any atom is -0.462 e. The highest BCUT2D eigenvalue weighted by Crippen LogP contribution is 2.18. The predicted octanol–water partition coefficient (Wildman–Crippen LogP) is 18.2. The molecule has 0 aliphatic heterocycles. The molecule has 0 spiro atoms. The molecule has 0 heterocycles. The van der Waals surface area contributed by atoms with Gasteiger partial charge in [-0.05, 0) is 25.2 Å². The zero-order valence-electron chi connectivity index (χ0n) is 42.3. The van der Waals surface area contributed by atoms with Crippen molar-refractivity contribution in [2.45, 2.75) is 323 Å². The smallest absolute Gasteiger partial charge is 0.306 e. The van der Waals surface area contributed by atoms with Crippen LogP contribution in [0, 0.1) is 5.92 Å². The van der Waals surface area contributed by atoms with Gasteiger partial charge in [-0.15, -0.1) is 0 Å². The molecule has 0 N–H and O–H groups in total. The third-order valence-corrected chi connectivity index (χ3v) is 12.8. The van der Waals surface area contributed by atoms with Gasteiger partial charge in [-0.3, -0.25) is 14.4 Å². The molecule has 0 aliphatic rings. The fourth-order valence-electron chi connectivity index (χ4n) is 8.57. The lowest BCUT2D eigenvalue weighted by atomic mass is 10.0. The summed E-state index contributed by atoms with van der Waals surface area (Å²) in [6.45, 7) is 9.05. The van der Waals surface area contributed by atoms with E-state index in [1.807, 2.05) is 0 Å². The average Bonchev–Trinajstić information content (AvgIpc) is 3.26. The number of ether oxygens (including phenoxy) is 3. The van der Waals surface area contributed by atoms with Gasteiger partial charge in [-0.25, -0.2) is 0 Å². The zero-order valence-corrected chi connectivity index (χ0v) is 42.3. The normalized spacial score (nSPS) is 12.0. The van der Waals surface area contributed by atoms with Gasteiger partial charge in [-0.2, -0.15) is 0 Å². The van der Waals surface area contributed by atoms with E-state index in [1.165, 1.54) is 212 Å². The molecule has 0 amide bonds. The number of esters is 3. The Morgan fingerprint density at radius 1 is 0.306 bits per heavy atom. The van der Waals surface area contributed by atoms with Gasteiger partial charge >= 0.3 is 17.9 Å². The monoisotopic (exact) mass is 877 g/mol. The van der Waals surface area contributed by atoms with E-state index in [0.29, 0.717) is 19.3 Å². The van der Waals surface area contributed by atoms with Crippen molar-refractivity contribution < 1.29 is 28.6 Å². The molecule has 0 bridgehead atoms. The molecule has 0 saturated heterocycles. The molecule has 0 rings (SSSR count). The summed E-state index contributed by atoms with van der Waals surface area (Å²) in [6, 6.07) is 0. The highest BCUT2D eigenvalue weighted by molar-refractivity contribution is 5.71. The van der Waals surface area contributed by atoms with Crippen LogP contribution in [-0.2, 0) is 28.6 Å². The number of carbonyl (C=O) groups is 3. The van der Waals surface area contributed by atoms with Gasteiger partial charge in [0, 0.05) is 19.3 Å². The first-order chi connectivity index (χ1) is 30.4. The van der Waals surface area contributed by atoms with E-state index in [1.54, 1.807) is 0 Å². The van der Waals surface area contributed by atoms with Crippen molar-refractivity contribution >= 4 is 17.9 Å². The summed E-state index contributed by atoms with van der Waals surface area (Å²) in [4.78, 5) is 38.0. The van der Waals surface area contributed by atoms with Gasteiger partial charge in [0.15, 0.2) is 6.10 Å². The maximum absolute atomic E-state index is 12.8. The van der Waals surface area contributed by atoms with Crippen LogP contribution >= 0.6 is 0 Å². The van der Waals surface area contributed by atoms with Crippen molar-refractivity contribution in [1.29, 1.82) is 0 Å². The predicted molar refractivity (Wildman–Crippen MR) is 266 cm³/mol. The second kappa shape index (κ2) is 50.4. The van der Waals surface area contributed by atoms with Crippen LogP contribution in [0.2, 0.25) is 0 Å². The largest absolute Gasteiger partial charge is 0.462 e. The molecule has 0 fully saturated rings. The van der Waals surface area contributed by atoms with Crippen LogP contribution in [0.5, 0.6) is 0 Å². The van der Waals surface area contributed by atoms with Gasteiger partial charge in [0.25, 0.3) is 0 Å². The molecule has 0 aliphatic carbocycles. The van der Waals surface area contributed by atoms with Crippen LogP contribution in [0.25, 0.3) is 0 Å². The van der Waals surface area contributed by atoms with Crippen LogP contribution in [0.1, 0.15) is 317 Å². The quantitative estimate of drug-likeness (QED) is 0.0344. The maximum atomic E-state index is 12.8. The Kier molecular flexibility index (Phi) is 49.1. The lowest BCUT2D eigenvalue weighted by Gasteiger charge is -2.18. The number of unbranched alkanes of at least 4 members (excludes halogenated alkanes) is 38. The van der Waals surface area contributed by atoms with Crippen LogP contribution < -0.4 is 0 Å². The molecule has 0 aromatic rings. The second-order valence-electron chi connectivity index (χ2n) is 19.7. The van der Waals surface area contributed by atoms with E-state index in [-0.39, 0.29) is 31.1 Å². The standard InChI is InChI=1S/C56H108O6/c1-5-7-9-11-13-15-17-18-21-26-29-33-37-41-45-49-56(59)62-53(50-60-54(57)47-43-39-35-31-16-14-12-10-8-6-2)51-61-55(58)48-44-40-36-32-28-25-23-20-19-22-24-27-30-34-38-42-46-52(3)4/h52-53H,5-51H2,1-4H3/t53-/m1/s1. The molecule has 368 valence electrons. The molecule has 6 heteroatoms. The van der Waals surface area contributed by atoms with Crippen LogP contribution in [0.4, 0.5) is 0 Å². The van der Waals surface area contributed by atoms with E-state index in [9.17, 15) is 14.4 Å². The Hall–Kier alpha value is -1.59. The molecule has 0 aromatic heterocycles. The summed E-state index contributed by atoms with van der Waals surface area (Å²) in [6.07, 6.45) is 53.8. The molecule has 0 unspecified atom stereocenters. The van der Waals surface area contributed by atoms with Crippen molar-refractivity contribution in [3.63, 3.8) is 0 Å². The number of hydrogen-bond donors (Lipinski definition) is 0. The third kappa shape index (κ3) is 49.4. The van der Waals surface area contributed by atoms with Crippen LogP contribution in [0.3, 0.4) is 0 Å². The molecule has 6 nitrogen and oxygen atoms in total. The Bertz CT molecular complexity index is 933.